The summed E-state index contributed by atoms with van der Waals surface area (Å²) in [5, 5.41) is 0. The van der Waals surface area contributed by atoms with E-state index in [-0.39, 0.29) is 63.2 Å². The van der Waals surface area contributed by atoms with Crippen LogP contribution in [0.4, 0.5) is 0 Å². The van der Waals surface area contributed by atoms with E-state index >= 15 is 4.79 Å². The van der Waals surface area contributed by atoms with Crippen LogP contribution >= 0.6 is 0 Å². The maximum absolute atomic E-state index is 15.0. The van der Waals surface area contributed by atoms with Gasteiger partial charge >= 0.3 is 11.9 Å². The molecule has 7 rings (SSSR count). The van der Waals surface area contributed by atoms with Crippen LogP contribution in [0.1, 0.15) is 130 Å². The van der Waals surface area contributed by atoms with E-state index in [1.54, 1.807) is 0 Å². The third-order valence-corrected chi connectivity index (χ3v) is 16.2. The lowest BCUT2D eigenvalue weighted by atomic mass is 9.33. The highest BCUT2D eigenvalue weighted by Gasteiger charge is 2.72. The molecule has 0 bridgehead atoms. The lowest BCUT2D eigenvalue weighted by molar-refractivity contribution is -0.222. The fraction of sp³-hybridized carbons (Fsp3) is 0.638. The zero-order valence-corrected chi connectivity index (χ0v) is 33.5. The van der Waals surface area contributed by atoms with Crippen LogP contribution in [0.25, 0.3) is 0 Å². The second-order valence-electron chi connectivity index (χ2n) is 19.0. The highest BCUT2D eigenvalue weighted by atomic mass is 16.5. The van der Waals surface area contributed by atoms with Gasteiger partial charge in [0.15, 0.2) is 11.9 Å². The number of carbonyl (C=O) groups excluding carboxylic acids is 3. The predicted molar refractivity (Wildman–Crippen MR) is 207 cm³/mol. The Hall–Kier alpha value is -3.25. The highest BCUT2D eigenvalue weighted by molar-refractivity contribution is 5.96. The van der Waals surface area contributed by atoms with E-state index in [9.17, 15) is 9.59 Å². The number of carbonyl (C=O) groups is 3. The second kappa shape index (κ2) is 13.5. The quantitative estimate of drug-likeness (QED) is 0.253. The first-order valence-electron chi connectivity index (χ1n) is 20.4. The minimum absolute atomic E-state index is 0.00606. The number of benzene rings is 2. The Morgan fingerprint density at radius 2 is 1.42 bits per heavy atom. The van der Waals surface area contributed by atoms with Gasteiger partial charge in [-0.3, -0.25) is 14.4 Å². The summed E-state index contributed by atoms with van der Waals surface area (Å²) in [7, 11) is 1.49. The third kappa shape index (κ3) is 5.70. The molecular weight excluding hydrogens is 661 g/mol. The summed E-state index contributed by atoms with van der Waals surface area (Å²) in [6.45, 7) is 16.4. The monoisotopic (exact) mass is 722 g/mol. The minimum Gasteiger partial charge on any atom is -0.469 e. The van der Waals surface area contributed by atoms with Crippen LogP contribution < -0.4 is 0 Å². The first-order valence-corrected chi connectivity index (χ1v) is 20.4. The molecule has 5 aliphatic rings. The van der Waals surface area contributed by atoms with Gasteiger partial charge in [0.1, 0.15) is 0 Å². The molecule has 53 heavy (non-hydrogen) atoms. The summed E-state index contributed by atoms with van der Waals surface area (Å²) in [5.41, 5.74) is 0.806. The molecule has 10 atom stereocenters. The molecule has 0 spiro atoms. The largest absolute Gasteiger partial charge is 0.469 e. The number of hydrogen-bond donors (Lipinski definition) is 0. The molecule has 6 nitrogen and oxygen atoms in total. The highest BCUT2D eigenvalue weighted by Crippen LogP contribution is 2.75. The van der Waals surface area contributed by atoms with Crippen molar-refractivity contribution >= 4 is 17.7 Å². The number of hydrogen-bond acceptors (Lipinski definition) is 6. The van der Waals surface area contributed by atoms with Crippen LogP contribution in [-0.2, 0) is 28.6 Å². The van der Waals surface area contributed by atoms with Crippen LogP contribution in [0, 0.1) is 50.2 Å². The van der Waals surface area contributed by atoms with Gasteiger partial charge in [-0.05, 0) is 129 Å². The third-order valence-electron chi connectivity index (χ3n) is 16.2. The maximum atomic E-state index is 15.0. The normalized spacial score (nSPS) is 40.5. The zero-order chi connectivity index (χ0) is 38.0. The van der Waals surface area contributed by atoms with Crippen molar-refractivity contribution in [3.05, 3.63) is 83.4 Å². The molecule has 0 amide bonds. The SMILES string of the molecule is CCCO[C@H]1CC[C@@]2(C)[C@@H](CC[C@]3(C)[C@@H]2C(=O)C=C2[C@@H]4C[C@@](C)(C(=O)OC(c5ccccc5)c5ccccc5)CC[C@]4(C)CC[C@]23C)[C@]1(C)C(=O)OC. The topological polar surface area (TPSA) is 78.9 Å². The van der Waals surface area contributed by atoms with Crippen LogP contribution in [-0.4, -0.2) is 37.5 Å². The smallest absolute Gasteiger partial charge is 0.314 e. The summed E-state index contributed by atoms with van der Waals surface area (Å²) >= 11 is 0. The molecule has 0 N–H and O–H groups in total. The van der Waals surface area contributed by atoms with Crippen LogP contribution in [0.15, 0.2) is 72.3 Å². The molecule has 2 aromatic rings. The molecule has 4 saturated carbocycles. The molecule has 0 aromatic heterocycles. The Morgan fingerprint density at radius 1 is 0.792 bits per heavy atom. The number of rotatable bonds is 8. The summed E-state index contributed by atoms with van der Waals surface area (Å²) in [6, 6.07) is 20.1. The number of esters is 2. The summed E-state index contributed by atoms with van der Waals surface area (Å²) < 4.78 is 18.5. The molecule has 286 valence electrons. The average Bonchev–Trinajstić information content (AvgIpc) is 3.15. The molecule has 4 fully saturated rings. The zero-order valence-electron chi connectivity index (χ0n) is 33.5. The lowest BCUT2D eigenvalue weighted by Crippen LogP contribution is -2.68. The molecule has 6 heteroatoms. The van der Waals surface area contributed by atoms with E-state index in [1.807, 2.05) is 73.7 Å². The van der Waals surface area contributed by atoms with E-state index in [2.05, 4.69) is 41.5 Å². The Labute approximate surface area is 317 Å². The van der Waals surface area contributed by atoms with Crippen molar-refractivity contribution in [1.29, 1.82) is 0 Å². The maximum Gasteiger partial charge on any atom is 0.314 e. The van der Waals surface area contributed by atoms with Crippen LogP contribution in [0.3, 0.4) is 0 Å². The molecular formula is C47H62O6. The van der Waals surface area contributed by atoms with Gasteiger partial charge < -0.3 is 14.2 Å². The van der Waals surface area contributed by atoms with Gasteiger partial charge in [0.2, 0.25) is 0 Å². The summed E-state index contributed by atoms with van der Waals surface area (Å²) in [4.78, 5) is 43.3. The van der Waals surface area contributed by atoms with E-state index in [0.717, 1.165) is 68.9 Å². The van der Waals surface area contributed by atoms with Crippen molar-refractivity contribution in [3.63, 3.8) is 0 Å². The van der Waals surface area contributed by atoms with E-state index in [4.69, 9.17) is 14.2 Å². The van der Waals surface area contributed by atoms with Crippen LogP contribution in [0.5, 0.6) is 0 Å². The van der Waals surface area contributed by atoms with Gasteiger partial charge in [0.05, 0.1) is 24.0 Å². The molecule has 0 saturated heterocycles. The molecule has 2 aromatic carbocycles. The Morgan fingerprint density at radius 3 is 2.02 bits per heavy atom. The Balaban J connectivity index is 1.22. The summed E-state index contributed by atoms with van der Waals surface area (Å²) in [5.74, 6) is -0.298. The number of ketones is 1. The van der Waals surface area contributed by atoms with Gasteiger partial charge in [-0.15, -0.1) is 0 Å². The predicted octanol–water partition coefficient (Wildman–Crippen LogP) is 10.2. The lowest BCUT2D eigenvalue weighted by Gasteiger charge is -2.70. The van der Waals surface area contributed by atoms with Crippen molar-refractivity contribution in [2.45, 2.75) is 125 Å². The minimum atomic E-state index is -0.822. The van der Waals surface area contributed by atoms with Crippen molar-refractivity contribution < 1.29 is 28.6 Å². The number of allylic oxidation sites excluding steroid dienone is 2. The Kier molecular flexibility index (Phi) is 9.69. The Bertz CT molecular complexity index is 1710. The molecule has 0 aliphatic heterocycles. The van der Waals surface area contributed by atoms with E-state index in [0.29, 0.717) is 13.0 Å². The summed E-state index contributed by atoms with van der Waals surface area (Å²) in [6.07, 6.45) is 9.96. The van der Waals surface area contributed by atoms with E-state index in [1.165, 1.54) is 12.7 Å². The van der Waals surface area contributed by atoms with E-state index < -0.39 is 16.9 Å². The molecule has 0 radical (unpaired) electrons. The van der Waals surface area contributed by atoms with Gasteiger partial charge in [-0.1, -0.05) is 101 Å². The van der Waals surface area contributed by atoms with Crippen molar-refractivity contribution in [2.75, 3.05) is 13.7 Å². The standard InChI is InChI=1S/C47H62O6/c1-9-28-52-37-21-22-44(4)36(47(37,7)41(50)51-8)20-23-46(6)39(44)35(48)29-33-34-30-43(3,25-24-42(34,2)26-27-45(33,46)5)40(49)53-38(31-16-12-10-13-17-31)32-18-14-11-15-19-32/h10-19,29,34,36-39H,9,20-28,30H2,1-8H3/t34-,36+,37-,39+,42+,43-,44-,45+,46+,47-/m0/s1. The van der Waals surface area contributed by atoms with Gasteiger partial charge in [-0.2, -0.15) is 0 Å². The van der Waals surface area contributed by atoms with Crippen molar-refractivity contribution in [3.8, 4) is 0 Å². The van der Waals surface area contributed by atoms with Crippen LogP contribution in [0.2, 0.25) is 0 Å². The molecule has 5 aliphatic carbocycles. The van der Waals surface area contributed by atoms with Crippen molar-refractivity contribution in [1.82, 2.24) is 0 Å². The second-order valence-corrected chi connectivity index (χ2v) is 19.0. The number of fused-ring (bicyclic) bond motifs is 7. The molecule has 0 unspecified atom stereocenters. The van der Waals surface area contributed by atoms with Gasteiger partial charge in [0.25, 0.3) is 0 Å². The van der Waals surface area contributed by atoms with Gasteiger partial charge in [-0.25, -0.2) is 0 Å². The molecule has 0 heterocycles. The number of ether oxygens (including phenoxy) is 3. The average molecular weight is 723 g/mol. The first kappa shape index (κ1) is 38.0. The number of methoxy groups -OCH3 is 1. The van der Waals surface area contributed by atoms with Crippen molar-refractivity contribution in [2.24, 2.45) is 50.2 Å². The fourth-order valence-corrected chi connectivity index (χ4v) is 12.9. The fourth-order valence-electron chi connectivity index (χ4n) is 12.9. The van der Waals surface area contributed by atoms with Gasteiger partial charge in [0, 0.05) is 12.5 Å². The first-order chi connectivity index (χ1) is 25.1.